The molecule has 158 valence electrons. The van der Waals surface area contributed by atoms with Gasteiger partial charge in [0.2, 0.25) is 5.91 Å². The summed E-state index contributed by atoms with van der Waals surface area (Å²) < 4.78 is 6.32. The van der Waals surface area contributed by atoms with Crippen molar-refractivity contribution >= 4 is 44.4 Å². The minimum atomic E-state index is 0.0605. The van der Waals surface area contributed by atoms with Gasteiger partial charge in [-0.15, -0.1) is 11.8 Å². The van der Waals surface area contributed by atoms with E-state index in [0.717, 1.165) is 33.8 Å². The molecule has 31 heavy (non-hydrogen) atoms. The summed E-state index contributed by atoms with van der Waals surface area (Å²) in [6, 6.07) is 21.8. The maximum absolute atomic E-state index is 13.2. The standard InChI is InChI=1S/C24H23N3O2S2/c1-29-19-12-13-21-22(16-19)31-24(26-21)27(17-18-8-5-6-14-25-18)23(28)11-7-15-30-20-9-3-2-4-10-20/h2-6,8-10,12-14,16H,7,11,15,17H2,1H3. The van der Waals surface area contributed by atoms with Crippen molar-refractivity contribution in [2.75, 3.05) is 17.8 Å². The van der Waals surface area contributed by atoms with Gasteiger partial charge < -0.3 is 4.74 Å². The molecule has 2 heterocycles. The summed E-state index contributed by atoms with van der Waals surface area (Å²) in [5.74, 6) is 1.73. The molecule has 0 atom stereocenters. The molecular formula is C24H23N3O2S2. The number of fused-ring (bicyclic) bond motifs is 1. The normalized spacial score (nSPS) is 10.9. The van der Waals surface area contributed by atoms with Gasteiger partial charge in [0.25, 0.3) is 0 Å². The first-order valence-electron chi connectivity index (χ1n) is 10.1. The van der Waals surface area contributed by atoms with Gasteiger partial charge in [-0.1, -0.05) is 35.6 Å². The molecule has 0 saturated heterocycles. The highest BCUT2D eigenvalue weighted by Crippen LogP contribution is 2.32. The van der Waals surface area contributed by atoms with Crippen LogP contribution in [0.15, 0.2) is 77.8 Å². The lowest BCUT2D eigenvalue weighted by atomic mass is 10.2. The number of hydrogen-bond acceptors (Lipinski definition) is 6. The summed E-state index contributed by atoms with van der Waals surface area (Å²) in [5.41, 5.74) is 1.70. The summed E-state index contributed by atoms with van der Waals surface area (Å²) in [6.45, 7) is 0.405. The highest BCUT2D eigenvalue weighted by Gasteiger charge is 2.20. The molecule has 0 saturated carbocycles. The van der Waals surface area contributed by atoms with Gasteiger partial charge in [0, 0.05) is 17.5 Å². The second-order valence-electron chi connectivity index (χ2n) is 6.90. The van der Waals surface area contributed by atoms with E-state index in [9.17, 15) is 4.79 Å². The Morgan fingerprint density at radius 1 is 1.10 bits per heavy atom. The number of pyridine rings is 1. The monoisotopic (exact) mass is 449 g/mol. The molecule has 0 N–H and O–H groups in total. The zero-order valence-electron chi connectivity index (χ0n) is 17.2. The molecule has 0 fully saturated rings. The van der Waals surface area contributed by atoms with E-state index in [1.807, 2.05) is 54.6 Å². The van der Waals surface area contributed by atoms with Gasteiger partial charge in [0.15, 0.2) is 5.13 Å². The predicted octanol–water partition coefficient (Wildman–Crippen LogP) is 5.81. The van der Waals surface area contributed by atoms with Crippen molar-refractivity contribution in [1.82, 2.24) is 9.97 Å². The lowest BCUT2D eigenvalue weighted by molar-refractivity contribution is -0.118. The second kappa shape index (κ2) is 10.4. The summed E-state index contributed by atoms with van der Waals surface area (Å²) in [7, 11) is 1.65. The van der Waals surface area contributed by atoms with Gasteiger partial charge in [-0.2, -0.15) is 0 Å². The van der Waals surface area contributed by atoms with Crippen molar-refractivity contribution in [2.45, 2.75) is 24.3 Å². The van der Waals surface area contributed by atoms with Crippen LogP contribution in [0.5, 0.6) is 5.75 Å². The fraction of sp³-hybridized carbons (Fsp3) is 0.208. The molecule has 5 nitrogen and oxygen atoms in total. The third-order valence-electron chi connectivity index (χ3n) is 4.71. The van der Waals surface area contributed by atoms with Crippen molar-refractivity contribution in [3.8, 4) is 5.75 Å². The zero-order valence-corrected chi connectivity index (χ0v) is 18.9. The summed E-state index contributed by atoms with van der Waals surface area (Å²) in [4.78, 5) is 25.3. The average Bonchev–Trinajstić information content (AvgIpc) is 3.24. The van der Waals surface area contributed by atoms with Crippen LogP contribution in [0.2, 0.25) is 0 Å². The number of hydrogen-bond donors (Lipinski definition) is 0. The number of aromatic nitrogens is 2. The van der Waals surface area contributed by atoms with Crippen LogP contribution in [-0.2, 0) is 11.3 Å². The van der Waals surface area contributed by atoms with Crippen LogP contribution in [0.3, 0.4) is 0 Å². The Hall–Kier alpha value is -2.90. The van der Waals surface area contributed by atoms with Gasteiger partial charge in [-0.05, 0) is 54.6 Å². The Morgan fingerprint density at radius 3 is 2.71 bits per heavy atom. The molecule has 7 heteroatoms. The predicted molar refractivity (Wildman–Crippen MR) is 128 cm³/mol. The number of amides is 1. The van der Waals surface area contributed by atoms with Crippen molar-refractivity contribution < 1.29 is 9.53 Å². The quantitative estimate of drug-likeness (QED) is 0.239. The Kier molecular flexibility index (Phi) is 7.17. The van der Waals surface area contributed by atoms with Gasteiger partial charge in [-0.3, -0.25) is 14.7 Å². The SMILES string of the molecule is COc1ccc2nc(N(Cc3ccccn3)C(=O)CCCSc3ccccc3)sc2c1. The fourth-order valence-corrected chi connectivity index (χ4v) is 5.00. The van der Waals surface area contributed by atoms with Crippen molar-refractivity contribution in [1.29, 1.82) is 0 Å². The number of anilines is 1. The van der Waals surface area contributed by atoms with E-state index < -0.39 is 0 Å². The number of carbonyl (C=O) groups is 1. The number of methoxy groups -OCH3 is 1. The van der Waals surface area contributed by atoms with Crippen LogP contribution in [-0.4, -0.2) is 28.7 Å². The van der Waals surface area contributed by atoms with Gasteiger partial charge in [-0.25, -0.2) is 4.98 Å². The van der Waals surface area contributed by atoms with Crippen LogP contribution in [0.1, 0.15) is 18.5 Å². The summed E-state index contributed by atoms with van der Waals surface area (Å²) >= 11 is 3.27. The minimum Gasteiger partial charge on any atom is -0.497 e. The van der Waals surface area contributed by atoms with Gasteiger partial charge in [0.05, 0.1) is 29.6 Å². The topological polar surface area (TPSA) is 55.3 Å². The van der Waals surface area contributed by atoms with Gasteiger partial charge in [0.1, 0.15) is 5.75 Å². The minimum absolute atomic E-state index is 0.0605. The Morgan fingerprint density at radius 2 is 1.94 bits per heavy atom. The largest absolute Gasteiger partial charge is 0.497 e. The lowest BCUT2D eigenvalue weighted by Crippen LogP contribution is -2.30. The Labute approximate surface area is 190 Å². The van der Waals surface area contributed by atoms with E-state index in [1.54, 1.807) is 30.0 Å². The van der Waals surface area contributed by atoms with E-state index in [0.29, 0.717) is 18.1 Å². The van der Waals surface area contributed by atoms with Crippen LogP contribution in [0, 0.1) is 0 Å². The highest BCUT2D eigenvalue weighted by molar-refractivity contribution is 7.99. The molecule has 0 aliphatic heterocycles. The van der Waals surface area contributed by atoms with Crippen LogP contribution >= 0.6 is 23.1 Å². The summed E-state index contributed by atoms with van der Waals surface area (Å²) in [6.07, 6.45) is 3.01. The molecule has 0 bridgehead atoms. The van der Waals surface area contributed by atoms with Crippen LogP contribution in [0.4, 0.5) is 5.13 Å². The molecule has 0 radical (unpaired) electrons. The average molecular weight is 450 g/mol. The molecular weight excluding hydrogens is 426 g/mol. The van der Waals surface area contributed by atoms with E-state index in [2.05, 4.69) is 17.1 Å². The number of nitrogens with zero attached hydrogens (tertiary/aromatic N) is 3. The molecule has 2 aromatic carbocycles. The molecule has 0 aliphatic carbocycles. The number of carbonyl (C=O) groups excluding carboxylic acids is 1. The number of ether oxygens (including phenoxy) is 1. The van der Waals surface area contributed by atoms with E-state index in [4.69, 9.17) is 9.72 Å². The van der Waals surface area contributed by atoms with Crippen molar-refractivity contribution in [2.24, 2.45) is 0 Å². The molecule has 4 aromatic rings. The molecule has 4 rings (SSSR count). The smallest absolute Gasteiger partial charge is 0.229 e. The van der Waals surface area contributed by atoms with E-state index >= 15 is 0 Å². The first-order chi connectivity index (χ1) is 15.2. The van der Waals surface area contributed by atoms with Crippen molar-refractivity contribution in [3.05, 3.63) is 78.6 Å². The first kappa shape index (κ1) is 21.3. The zero-order chi connectivity index (χ0) is 21.5. The molecule has 1 amide bonds. The fourth-order valence-electron chi connectivity index (χ4n) is 3.12. The maximum atomic E-state index is 13.2. The second-order valence-corrected chi connectivity index (χ2v) is 9.07. The maximum Gasteiger partial charge on any atom is 0.229 e. The third-order valence-corrected chi connectivity index (χ3v) is 6.85. The molecule has 0 aliphatic rings. The Bertz CT molecular complexity index is 1130. The third kappa shape index (κ3) is 5.62. The van der Waals surface area contributed by atoms with Crippen LogP contribution in [0.25, 0.3) is 10.2 Å². The Balaban J connectivity index is 1.49. The lowest BCUT2D eigenvalue weighted by Gasteiger charge is -2.19. The van der Waals surface area contributed by atoms with E-state index in [1.165, 1.54) is 16.2 Å². The number of benzene rings is 2. The number of thioether (sulfide) groups is 1. The van der Waals surface area contributed by atoms with Gasteiger partial charge >= 0.3 is 0 Å². The van der Waals surface area contributed by atoms with E-state index in [-0.39, 0.29) is 5.91 Å². The summed E-state index contributed by atoms with van der Waals surface area (Å²) in [5, 5.41) is 0.689. The molecule has 2 aromatic heterocycles. The first-order valence-corrected chi connectivity index (χ1v) is 11.9. The van der Waals surface area contributed by atoms with Crippen LogP contribution < -0.4 is 9.64 Å². The number of rotatable bonds is 9. The highest BCUT2D eigenvalue weighted by atomic mass is 32.2. The number of thiazole rings is 1. The molecule has 0 unspecified atom stereocenters. The molecule has 0 spiro atoms. The van der Waals surface area contributed by atoms with Crippen molar-refractivity contribution in [3.63, 3.8) is 0 Å².